The summed E-state index contributed by atoms with van der Waals surface area (Å²) >= 11 is 0. The van der Waals surface area contributed by atoms with Gasteiger partial charge in [-0.1, -0.05) is 18.2 Å². The molecule has 1 aliphatic rings. The largest absolute Gasteiger partial charge is 0.491 e. The first kappa shape index (κ1) is 27.9. The van der Waals surface area contributed by atoms with Crippen molar-refractivity contribution in [2.24, 2.45) is 5.92 Å². The van der Waals surface area contributed by atoms with E-state index in [4.69, 9.17) is 9.47 Å². The average Bonchev–Trinajstić information content (AvgIpc) is 2.92. The second-order valence-electron chi connectivity index (χ2n) is 9.54. The summed E-state index contributed by atoms with van der Waals surface area (Å²) in [4.78, 5) is 0. The van der Waals surface area contributed by atoms with Crippen LogP contribution in [0, 0.1) is 40.8 Å². The van der Waals surface area contributed by atoms with Crippen molar-refractivity contribution in [2.45, 2.75) is 58.3 Å². The van der Waals surface area contributed by atoms with E-state index >= 15 is 8.78 Å². The lowest BCUT2D eigenvalue weighted by Gasteiger charge is -2.29. The summed E-state index contributed by atoms with van der Waals surface area (Å²) in [6.45, 7) is 3.68. The molecule has 0 amide bonds. The molecule has 2 nitrogen and oxygen atoms in total. The van der Waals surface area contributed by atoms with Gasteiger partial charge in [0.15, 0.2) is 34.8 Å². The molecular formula is C30H30F6O2. The van der Waals surface area contributed by atoms with E-state index in [1.807, 2.05) is 0 Å². The summed E-state index contributed by atoms with van der Waals surface area (Å²) in [5, 5.41) is 0. The van der Waals surface area contributed by atoms with Crippen molar-refractivity contribution in [2.75, 3.05) is 13.2 Å². The molecule has 3 aromatic rings. The van der Waals surface area contributed by atoms with E-state index < -0.39 is 34.9 Å². The zero-order valence-corrected chi connectivity index (χ0v) is 21.4. The van der Waals surface area contributed by atoms with Gasteiger partial charge in [0, 0.05) is 11.1 Å². The summed E-state index contributed by atoms with van der Waals surface area (Å²) in [6, 6.07) is 8.05. The van der Waals surface area contributed by atoms with E-state index in [1.165, 1.54) is 36.4 Å². The van der Waals surface area contributed by atoms with Crippen LogP contribution < -0.4 is 9.47 Å². The first-order valence-electron chi connectivity index (χ1n) is 12.9. The molecule has 0 radical (unpaired) electrons. The molecule has 1 fully saturated rings. The van der Waals surface area contributed by atoms with Crippen molar-refractivity contribution in [1.29, 1.82) is 0 Å². The highest BCUT2D eigenvalue weighted by Crippen LogP contribution is 2.41. The summed E-state index contributed by atoms with van der Waals surface area (Å²) in [7, 11) is 0. The fraction of sp³-hybridized carbons (Fsp3) is 0.400. The molecule has 3 aromatic carbocycles. The number of ether oxygens (including phenoxy) is 2. The van der Waals surface area contributed by atoms with Crippen molar-refractivity contribution in [3.05, 3.63) is 82.4 Å². The van der Waals surface area contributed by atoms with Gasteiger partial charge in [0.25, 0.3) is 0 Å². The van der Waals surface area contributed by atoms with Crippen molar-refractivity contribution in [3.63, 3.8) is 0 Å². The predicted octanol–water partition coefficient (Wildman–Crippen LogP) is 8.89. The molecule has 0 aromatic heterocycles. The standard InChI is InChI=1S/C30H30F6O2/c1-3-37-23-15-11-19(25(31)29(23)35)10-7-17-5-8-18(9-6-17)20-12-13-21(27(33)26(20)32)22-14-16-24(38-4-2)30(36)28(22)34/h11-18H,3-10H2,1-2H3. The topological polar surface area (TPSA) is 18.5 Å². The van der Waals surface area contributed by atoms with Crippen LogP contribution in [0.25, 0.3) is 11.1 Å². The van der Waals surface area contributed by atoms with Gasteiger partial charge >= 0.3 is 0 Å². The minimum absolute atomic E-state index is 0.107. The average molecular weight is 537 g/mol. The van der Waals surface area contributed by atoms with Gasteiger partial charge in [-0.25, -0.2) is 17.6 Å². The molecule has 0 unspecified atom stereocenters. The van der Waals surface area contributed by atoms with Crippen molar-refractivity contribution in [1.82, 2.24) is 0 Å². The van der Waals surface area contributed by atoms with Crippen molar-refractivity contribution < 1.29 is 35.8 Å². The molecule has 0 spiro atoms. The third-order valence-corrected chi connectivity index (χ3v) is 7.28. The zero-order chi connectivity index (χ0) is 27.4. The molecule has 204 valence electrons. The summed E-state index contributed by atoms with van der Waals surface area (Å²) in [5.41, 5.74) is -0.245. The minimum Gasteiger partial charge on any atom is -0.491 e. The normalized spacial score (nSPS) is 17.5. The molecule has 0 bridgehead atoms. The number of benzene rings is 3. The lowest BCUT2D eigenvalue weighted by atomic mass is 9.76. The molecule has 0 aliphatic heterocycles. The van der Waals surface area contributed by atoms with E-state index in [0.29, 0.717) is 25.7 Å². The maximum atomic E-state index is 15.1. The SMILES string of the molecule is CCOc1ccc(CCC2CCC(c3ccc(-c4ccc(OCC)c(F)c4F)c(F)c3F)CC2)c(F)c1F. The quantitative estimate of drug-likeness (QED) is 0.254. The number of hydrogen-bond donors (Lipinski definition) is 0. The van der Waals surface area contributed by atoms with Crippen LogP contribution in [0.3, 0.4) is 0 Å². The van der Waals surface area contributed by atoms with Crippen LogP contribution in [0.2, 0.25) is 0 Å². The van der Waals surface area contributed by atoms with Gasteiger partial charge in [-0.2, -0.15) is 8.78 Å². The van der Waals surface area contributed by atoms with Crippen molar-refractivity contribution in [3.8, 4) is 22.6 Å². The maximum Gasteiger partial charge on any atom is 0.201 e. The highest BCUT2D eigenvalue weighted by molar-refractivity contribution is 5.66. The number of halogens is 6. The molecule has 0 heterocycles. The van der Waals surface area contributed by atoms with Crippen LogP contribution in [0.5, 0.6) is 11.5 Å². The van der Waals surface area contributed by atoms with E-state index in [-0.39, 0.29) is 58.8 Å². The van der Waals surface area contributed by atoms with Gasteiger partial charge in [-0.05, 0) is 93.5 Å². The first-order chi connectivity index (χ1) is 18.3. The molecule has 8 heteroatoms. The third-order valence-electron chi connectivity index (χ3n) is 7.28. The summed E-state index contributed by atoms with van der Waals surface area (Å²) < 4.78 is 97.6. The number of aryl methyl sites for hydroxylation is 1. The van der Waals surface area contributed by atoms with Gasteiger partial charge in [0.1, 0.15) is 0 Å². The van der Waals surface area contributed by atoms with E-state index in [9.17, 15) is 17.6 Å². The monoisotopic (exact) mass is 536 g/mol. The highest BCUT2D eigenvalue weighted by atomic mass is 19.2. The van der Waals surface area contributed by atoms with Crippen LogP contribution in [0.4, 0.5) is 26.3 Å². The fourth-order valence-electron chi connectivity index (χ4n) is 5.25. The molecule has 1 aliphatic carbocycles. The van der Waals surface area contributed by atoms with Gasteiger partial charge < -0.3 is 9.47 Å². The Morgan fingerprint density at radius 3 is 1.74 bits per heavy atom. The molecule has 0 N–H and O–H groups in total. The third kappa shape index (κ3) is 5.64. The molecule has 1 saturated carbocycles. The molecule has 38 heavy (non-hydrogen) atoms. The first-order valence-corrected chi connectivity index (χ1v) is 12.9. The lowest BCUT2D eigenvalue weighted by molar-refractivity contribution is 0.301. The summed E-state index contributed by atoms with van der Waals surface area (Å²) in [6.07, 6.45) is 3.68. The zero-order valence-electron chi connectivity index (χ0n) is 21.4. The fourth-order valence-corrected chi connectivity index (χ4v) is 5.25. The van der Waals surface area contributed by atoms with E-state index in [0.717, 1.165) is 12.8 Å². The molecule has 0 atom stereocenters. The van der Waals surface area contributed by atoms with Gasteiger partial charge in [-0.15, -0.1) is 0 Å². The second kappa shape index (κ2) is 12.1. The Kier molecular flexibility index (Phi) is 8.90. The van der Waals surface area contributed by atoms with Gasteiger partial charge in [0.05, 0.1) is 13.2 Å². The Morgan fingerprint density at radius 2 is 1.13 bits per heavy atom. The molecule has 4 rings (SSSR count). The number of rotatable bonds is 9. The molecule has 0 saturated heterocycles. The highest BCUT2D eigenvalue weighted by Gasteiger charge is 2.28. The van der Waals surface area contributed by atoms with Crippen LogP contribution in [-0.2, 0) is 6.42 Å². The summed E-state index contributed by atoms with van der Waals surface area (Å²) in [5.74, 6) is -7.10. The Morgan fingerprint density at radius 1 is 0.605 bits per heavy atom. The Hall–Kier alpha value is -3.16. The predicted molar refractivity (Wildman–Crippen MR) is 133 cm³/mol. The minimum atomic E-state index is -1.30. The Balaban J connectivity index is 1.41. The number of hydrogen-bond acceptors (Lipinski definition) is 2. The van der Waals surface area contributed by atoms with Crippen LogP contribution in [-0.4, -0.2) is 13.2 Å². The van der Waals surface area contributed by atoms with Crippen LogP contribution in [0.15, 0.2) is 36.4 Å². The van der Waals surface area contributed by atoms with Crippen LogP contribution in [0.1, 0.15) is 63.0 Å². The van der Waals surface area contributed by atoms with Crippen LogP contribution >= 0.6 is 0 Å². The van der Waals surface area contributed by atoms with Crippen molar-refractivity contribution >= 4 is 0 Å². The van der Waals surface area contributed by atoms with E-state index in [1.54, 1.807) is 13.8 Å². The Labute approximate surface area is 218 Å². The smallest absolute Gasteiger partial charge is 0.201 e. The maximum absolute atomic E-state index is 15.1. The Bertz CT molecular complexity index is 1280. The molecular weight excluding hydrogens is 506 g/mol. The van der Waals surface area contributed by atoms with E-state index in [2.05, 4.69) is 0 Å². The lowest BCUT2D eigenvalue weighted by Crippen LogP contribution is -2.16. The second-order valence-corrected chi connectivity index (χ2v) is 9.54. The van der Waals surface area contributed by atoms with Gasteiger partial charge in [-0.3, -0.25) is 0 Å². The van der Waals surface area contributed by atoms with Gasteiger partial charge in [0.2, 0.25) is 11.6 Å².